The maximum Gasteiger partial charge on any atom is 0.136 e. The Morgan fingerprint density at radius 3 is 2.46 bits per heavy atom. The van der Waals surface area contributed by atoms with E-state index < -0.39 is 11.8 Å². The molecule has 0 amide bonds. The highest BCUT2D eigenvalue weighted by Gasteiger charge is 2.30. The highest BCUT2D eigenvalue weighted by molar-refractivity contribution is 9.10. The predicted molar refractivity (Wildman–Crippen MR) is 56.9 cm³/mol. The van der Waals surface area contributed by atoms with Crippen LogP contribution in [-0.4, -0.2) is 10.8 Å². The summed E-state index contributed by atoms with van der Waals surface area (Å²) in [6, 6.07) is 1.77. The summed E-state index contributed by atoms with van der Waals surface area (Å²) in [6.45, 7) is 4.68. The molecule has 74 valence electrons. The van der Waals surface area contributed by atoms with Gasteiger partial charge in [0.25, 0.3) is 0 Å². The van der Waals surface area contributed by atoms with Gasteiger partial charge in [-0.2, -0.15) is 0 Å². The van der Waals surface area contributed by atoms with E-state index in [0.29, 0.717) is 4.88 Å². The maximum absolute atomic E-state index is 13.4. The largest absolute Gasteiger partial charge is 0.384 e. The Balaban J connectivity index is 2.96. The van der Waals surface area contributed by atoms with Gasteiger partial charge in [0.15, 0.2) is 0 Å². The lowest BCUT2D eigenvalue weighted by molar-refractivity contribution is 0.0186. The molecule has 0 aliphatic carbocycles. The number of halogens is 2. The highest BCUT2D eigenvalue weighted by Crippen LogP contribution is 2.36. The molecule has 0 saturated heterocycles. The first-order valence-electron chi connectivity index (χ1n) is 3.95. The Bertz CT molecular complexity index is 284. The second kappa shape index (κ2) is 3.67. The van der Waals surface area contributed by atoms with E-state index in [-0.39, 0.29) is 0 Å². The lowest BCUT2D eigenvalue weighted by Gasteiger charge is -2.20. The SMILES string of the molecule is Cc1sc(C(O)C(C)(C)F)cc1Br. The standard InChI is InChI=1S/C9H12BrFOS/c1-5-6(10)4-7(13-5)8(12)9(2,3)11/h4,8,12H,1-3H3. The number of aliphatic hydroxyl groups excluding tert-OH is 1. The summed E-state index contributed by atoms with van der Waals surface area (Å²) in [6.07, 6.45) is -1.04. The summed E-state index contributed by atoms with van der Waals surface area (Å²) < 4.78 is 14.3. The summed E-state index contributed by atoms with van der Waals surface area (Å²) in [4.78, 5) is 1.72. The van der Waals surface area contributed by atoms with Crippen molar-refractivity contribution in [1.29, 1.82) is 0 Å². The normalized spacial score (nSPS) is 14.6. The third-order valence-corrected chi connectivity index (χ3v) is 3.99. The molecule has 0 aliphatic rings. The van der Waals surface area contributed by atoms with Crippen molar-refractivity contribution in [3.8, 4) is 0 Å². The molecule has 4 heteroatoms. The van der Waals surface area contributed by atoms with Crippen LogP contribution in [0.4, 0.5) is 4.39 Å². The van der Waals surface area contributed by atoms with Gasteiger partial charge in [0.1, 0.15) is 11.8 Å². The minimum Gasteiger partial charge on any atom is -0.384 e. The minimum absolute atomic E-state index is 0.664. The molecule has 1 aromatic rings. The first-order valence-corrected chi connectivity index (χ1v) is 5.56. The van der Waals surface area contributed by atoms with Gasteiger partial charge < -0.3 is 5.11 Å². The molecule has 0 saturated carbocycles. The summed E-state index contributed by atoms with van der Waals surface area (Å²) in [5, 5.41) is 9.61. The van der Waals surface area contributed by atoms with Crippen LogP contribution in [0.15, 0.2) is 10.5 Å². The Morgan fingerprint density at radius 2 is 2.15 bits per heavy atom. The number of alkyl halides is 1. The molecule has 1 heterocycles. The van der Waals surface area contributed by atoms with Crippen molar-refractivity contribution >= 4 is 27.3 Å². The number of thiophene rings is 1. The average Bonchev–Trinajstić information content (AvgIpc) is 2.29. The molecule has 1 atom stereocenters. The monoisotopic (exact) mass is 266 g/mol. The third kappa shape index (κ3) is 2.51. The molecule has 1 unspecified atom stereocenters. The first-order chi connectivity index (χ1) is 5.82. The lowest BCUT2D eigenvalue weighted by Crippen LogP contribution is -2.22. The van der Waals surface area contributed by atoms with Crippen LogP contribution in [0.2, 0.25) is 0 Å². The van der Waals surface area contributed by atoms with Crippen molar-refractivity contribution in [3.05, 3.63) is 20.3 Å². The minimum atomic E-state index is -1.59. The Hall–Kier alpha value is 0.0700. The van der Waals surface area contributed by atoms with E-state index in [0.717, 1.165) is 9.35 Å². The summed E-state index contributed by atoms with van der Waals surface area (Å²) in [5.41, 5.74) is -1.59. The van der Waals surface area contributed by atoms with Crippen LogP contribution in [0, 0.1) is 6.92 Å². The van der Waals surface area contributed by atoms with Crippen LogP contribution < -0.4 is 0 Å². The molecular weight excluding hydrogens is 255 g/mol. The number of hydrogen-bond acceptors (Lipinski definition) is 2. The zero-order valence-electron chi connectivity index (χ0n) is 7.77. The van der Waals surface area contributed by atoms with Gasteiger partial charge >= 0.3 is 0 Å². The Kier molecular flexibility index (Phi) is 3.15. The smallest absolute Gasteiger partial charge is 0.136 e. The Labute approximate surface area is 89.7 Å². The Morgan fingerprint density at radius 1 is 1.62 bits per heavy atom. The zero-order chi connectivity index (χ0) is 10.2. The van der Waals surface area contributed by atoms with Crippen molar-refractivity contribution < 1.29 is 9.50 Å². The van der Waals surface area contributed by atoms with Gasteiger partial charge in [0.2, 0.25) is 0 Å². The molecule has 1 N–H and O–H groups in total. The van der Waals surface area contributed by atoms with Crippen LogP contribution in [0.5, 0.6) is 0 Å². The van der Waals surface area contributed by atoms with E-state index in [9.17, 15) is 9.50 Å². The number of aryl methyl sites for hydroxylation is 1. The van der Waals surface area contributed by atoms with Crippen LogP contribution >= 0.6 is 27.3 Å². The molecule has 1 rings (SSSR count). The molecule has 1 aromatic heterocycles. The van der Waals surface area contributed by atoms with E-state index in [4.69, 9.17) is 0 Å². The topological polar surface area (TPSA) is 20.2 Å². The van der Waals surface area contributed by atoms with Crippen LogP contribution in [0.1, 0.15) is 29.7 Å². The van der Waals surface area contributed by atoms with Crippen LogP contribution in [-0.2, 0) is 0 Å². The molecule has 1 nitrogen and oxygen atoms in total. The number of rotatable bonds is 2. The highest BCUT2D eigenvalue weighted by atomic mass is 79.9. The molecule has 0 spiro atoms. The third-order valence-electron chi connectivity index (χ3n) is 1.80. The van der Waals surface area contributed by atoms with Crippen molar-refractivity contribution in [3.63, 3.8) is 0 Å². The van der Waals surface area contributed by atoms with Crippen molar-refractivity contribution in [2.45, 2.75) is 32.5 Å². The number of aliphatic hydroxyl groups is 1. The van der Waals surface area contributed by atoms with E-state index in [1.165, 1.54) is 25.2 Å². The van der Waals surface area contributed by atoms with E-state index in [1.807, 2.05) is 6.92 Å². The molecule has 0 aromatic carbocycles. The van der Waals surface area contributed by atoms with E-state index >= 15 is 0 Å². The molecule has 0 aliphatic heterocycles. The van der Waals surface area contributed by atoms with Crippen LogP contribution in [0.25, 0.3) is 0 Å². The van der Waals surface area contributed by atoms with E-state index in [2.05, 4.69) is 15.9 Å². The second-order valence-electron chi connectivity index (χ2n) is 3.52. The quantitative estimate of drug-likeness (QED) is 0.868. The van der Waals surface area contributed by atoms with Gasteiger partial charge in [-0.1, -0.05) is 0 Å². The fourth-order valence-electron chi connectivity index (χ4n) is 0.955. The first kappa shape index (κ1) is 11.1. The summed E-state index contributed by atoms with van der Waals surface area (Å²) >= 11 is 4.74. The van der Waals surface area contributed by atoms with Crippen LogP contribution in [0.3, 0.4) is 0 Å². The van der Waals surface area contributed by atoms with Gasteiger partial charge in [-0.3, -0.25) is 0 Å². The van der Waals surface area contributed by atoms with Crippen molar-refractivity contribution in [1.82, 2.24) is 0 Å². The average molecular weight is 267 g/mol. The fourth-order valence-corrected chi connectivity index (χ4v) is 2.67. The van der Waals surface area contributed by atoms with Crippen molar-refractivity contribution in [2.24, 2.45) is 0 Å². The fraction of sp³-hybridized carbons (Fsp3) is 0.556. The molecule has 0 fully saturated rings. The van der Waals surface area contributed by atoms with Gasteiger partial charge in [0, 0.05) is 14.2 Å². The van der Waals surface area contributed by atoms with Gasteiger partial charge in [-0.25, -0.2) is 4.39 Å². The van der Waals surface area contributed by atoms with E-state index in [1.54, 1.807) is 6.07 Å². The van der Waals surface area contributed by atoms with Gasteiger partial charge in [-0.05, 0) is 42.8 Å². The number of hydrogen-bond donors (Lipinski definition) is 1. The second-order valence-corrected chi connectivity index (χ2v) is 5.66. The summed E-state index contributed by atoms with van der Waals surface area (Å²) in [7, 11) is 0. The maximum atomic E-state index is 13.4. The molecule has 13 heavy (non-hydrogen) atoms. The molecular formula is C9H12BrFOS. The lowest BCUT2D eigenvalue weighted by atomic mass is 10.0. The molecule has 0 bridgehead atoms. The zero-order valence-corrected chi connectivity index (χ0v) is 10.2. The predicted octanol–water partition coefficient (Wildman–Crippen LogP) is 3.60. The van der Waals surface area contributed by atoms with Gasteiger partial charge in [-0.15, -0.1) is 11.3 Å². The van der Waals surface area contributed by atoms with Gasteiger partial charge in [0.05, 0.1) is 0 Å². The molecule has 0 radical (unpaired) electrons. The summed E-state index contributed by atoms with van der Waals surface area (Å²) in [5.74, 6) is 0. The van der Waals surface area contributed by atoms with Crippen molar-refractivity contribution in [2.75, 3.05) is 0 Å².